The second kappa shape index (κ2) is 9.63. The van der Waals surface area contributed by atoms with E-state index in [2.05, 4.69) is 68.4 Å². The Morgan fingerprint density at radius 3 is 2.48 bits per heavy atom. The third-order valence-corrected chi connectivity index (χ3v) is 6.67. The van der Waals surface area contributed by atoms with E-state index in [0.29, 0.717) is 6.61 Å². The van der Waals surface area contributed by atoms with E-state index >= 15 is 0 Å². The van der Waals surface area contributed by atoms with Crippen LogP contribution < -0.4 is 4.74 Å². The summed E-state index contributed by atoms with van der Waals surface area (Å²) in [5.74, 6) is 2.12. The Hall–Kier alpha value is -2.69. The summed E-state index contributed by atoms with van der Waals surface area (Å²) in [7, 11) is 4.11. The second-order valence-electron chi connectivity index (χ2n) is 8.01. The number of allylic oxidation sites excluding steroid dienone is 1. The van der Waals surface area contributed by atoms with Crippen LogP contribution in [0.25, 0.3) is 11.1 Å². The van der Waals surface area contributed by atoms with Gasteiger partial charge in [-0.1, -0.05) is 43.3 Å². The first-order valence-electron chi connectivity index (χ1n) is 10.7. The molecule has 4 rings (SSSR count). The highest BCUT2D eigenvalue weighted by atomic mass is 32.2. The van der Waals surface area contributed by atoms with Gasteiger partial charge >= 0.3 is 0 Å². The van der Waals surface area contributed by atoms with Crippen LogP contribution in [0.15, 0.2) is 71.6 Å². The summed E-state index contributed by atoms with van der Waals surface area (Å²) < 4.78 is 6.03. The molecular weight excluding hydrogens is 402 g/mol. The van der Waals surface area contributed by atoms with Crippen molar-refractivity contribution in [2.75, 3.05) is 27.2 Å². The SMILES string of the molecule is CC/C1=C(\c2ccc(O)cc2)c2ccc(OCCN(C)C)cc2SCc2ccccc21. The Morgan fingerprint density at radius 1 is 0.968 bits per heavy atom. The Labute approximate surface area is 189 Å². The lowest BCUT2D eigenvalue weighted by Crippen LogP contribution is -2.19. The van der Waals surface area contributed by atoms with Crippen LogP contribution in [0.3, 0.4) is 0 Å². The van der Waals surface area contributed by atoms with Gasteiger partial charge in [-0.15, -0.1) is 11.8 Å². The lowest BCUT2D eigenvalue weighted by molar-refractivity contribution is 0.261. The van der Waals surface area contributed by atoms with E-state index in [-0.39, 0.29) is 5.75 Å². The van der Waals surface area contributed by atoms with Crippen LogP contribution in [0.5, 0.6) is 11.5 Å². The molecule has 0 bridgehead atoms. The first-order chi connectivity index (χ1) is 15.1. The van der Waals surface area contributed by atoms with Crippen LogP contribution in [-0.2, 0) is 5.75 Å². The third-order valence-electron chi connectivity index (χ3n) is 5.57. The predicted octanol–water partition coefficient (Wildman–Crippen LogP) is 6.31. The van der Waals surface area contributed by atoms with Crippen LogP contribution in [0.1, 0.15) is 35.6 Å². The van der Waals surface area contributed by atoms with Crippen molar-refractivity contribution >= 4 is 22.9 Å². The van der Waals surface area contributed by atoms with Gasteiger partial charge in [0.05, 0.1) is 0 Å². The number of hydrogen-bond donors (Lipinski definition) is 1. The lowest BCUT2D eigenvalue weighted by Gasteiger charge is -2.24. The largest absolute Gasteiger partial charge is 0.508 e. The zero-order valence-electron chi connectivity index (χ0n) is 18.4. The van der Waals surface area contributed by atoms with Crippen molar-refractivity contribution in [2.24, 2.45) is 0 Å². The normalized spacial score (nSPS) is 15.7. The number of ether oxygens (including phenoxy) is 1. The zero-order chi connectivity index (χ0) is 21.8. The standard InChI is InChI=1S/C27H29NO2S/c1-4-23-24-8-6-5-7-20(24)18-31-26-17-22(30-16-15-28(2)3)13-14-25(26)27(23)19-9-11-21(29)12-10-19/h5-14,17,29H,4,15-16,18H2,1-3H3/b27-23-. The number of rotatable bonds is 6. The molecule has 31 heavy (non-hydrogen) atoms. The van der Waals surface area contributed by atoms with Crippen LogP contribution in [0.4, 0.5) is 0 Å². The first-order valence-corrected chi connectivity index (χ1v) is 11.7. The van der Waals surface area contributed by atoms with E-state index in [1.54, 1.807) is 12.1 Å². The van der Waals surface area contributed by atoms with Crippen molar-refractivity contribution in [3.05, 3.63) is 89.0 Å². The zero-order valence-corrected chi connectivity index (χ0v) is 19.2. The van der Waals surface area contributed by atoms with Gasteiger partial charge in [-0.2, -0.15) is 0 Å². The van der Waals surface area contributed by atoms with Gasteiger partial charge in [0, 0.05) is 17.2 Å². The first kappa shape index (κ1) is 21.5. The highest BCUT2D eigenvalue weighted by Gasteiger charge is 2.21. The smallest absolute Gasteiger partial charge is 0.120 e. The summed E-state index contributed by atoms with van der Waals surface area (Å²) in [6.07, 6.45) is 0.929. The summed E-state index contributed by atoms with van der Waals surface area (Å²) in [6.45, 7) is 3.77. The summed E-state index contributed by atoms with van der Waals surface area (Å²) >= 11 is 1.86. The molecule has 0 saturated carbocycles. The highest BCUT2D eigenvalue weighted by molar-refractivity contribution is 7.98. The van der Waals surface area contributed by atoms with Gasteiger partial charge in [0.15, 0.2) is 0 Å². The number of aromatic hydroxyl groups is 1. The van der Waals surface area contributed by atoms with Crippen molar-refractivity contribution < 1.29 is 9.84 Å². The van der Waals surface area contributed by atoms with Crippen LogP contribution in [-0.4, -0.2) is 37.3 Å². The van der Waals surface area contributed by atoms with Crippen molar-refractivity contribution in [1.82, 2.24) is 4.90 Å². The lowest BCUT2D eigenvalue weighted by atomic mass is 9.86. The van der Waals surface area contributed by atoms with E-state index in [1.165, 1.54) is 32.7 Å². The number of benzene rings is 3. The molecule has 0 aromatic heterocycles. The Kier molecular flexibility index (Phi) is 6.69. The molecule has 0 spiro atoms. The van der Waals surface area contributed by atoms with E-state index in [4.69, 9.17) is 4.74 Å². The molecule has 1 N–H and O–H groups in total. The van der Waals surface area contributed by atoms with Crippen LogP contribution in [0, 0.1) is 0 Å². The van der Waals surface area contributed by atoms with Gasteiger partial charge in [-0.25, -0.2) is 0 Å². The molecule has 1 aliphatic heterocycles. The molecule has 0 unspecified atom stereocenters. The maximum atomic E-state index is 9.85. The molecule has 1 heterocycles. The monoisotopic (exact) mass is 431 g/mol. The molecule has 0 amide bonds. The van der Waals surface area contributed by atoms with E-state index in [1.807, 2.05) is 23.9 Å². The number of thioether (sulfide) groups is 1. The topological polar surface area (TPSA) is 32.7 Å². The second-order valence-corrected chi connectivity index (χ2v) is 9.03. The number of phenols is 1. The van der Waals surface area contributed by atoms with Crippen molar-refractivity contribution in [3.63, 3.8) is 0 Å². The van der Waals surface area contributed by atoms with Crippen molar-refractivity contribution in [2.45, 2.75) is 24.0 Å². The van der Waals surface area contributed by atoms with E-state index < -0.39 is 0 Å². The summed E-state index contributed by atoms with van der Waals surface area (Å²) in [6, 6.07) is 22.7. The third kappa shape index (κ3) is 4.81. The minimum atomic E-state index is 0.285. The summed E-state index contributed by atoms with van der Waals surface area (Å²) in [5.41, 5.74) is 7.58. The molecule has 3 nitrogen and oxygen atoms in total. The summed E-state index contributed by atoms with van der Waals surface area (Å²) in [4.78, 5) is 3.35. The van der Waals surface area contributed by atoms with Gasteiger partial charge in [0.2, 0.25) is 0 Å². The number of hydrogen-bond acceptors (Lipinski definition) is 4. The number of nitrogens with zero attached hydrogens (tertiary/aromatic N) is 1. The molecule has 0 saturated heterocycles. The fourth-order valence-electron chi connectivity index (χ4n) is 3.98. The molecule has 0 atom stereocenters. The molecule has 3 aromatic carbocycles. The molecule has 3 aromatic rings. The van der Waals surface area contributed by atoms with Crippen molar-refractivity contribution in [1.29, 1.82) is 0 Å². The predicted molar refractivity (Wildman–Crippen MR) is 131 cm³/mol. The fourth-order valence-corrected chi connectivity index (χ4v) is 5.07. The highest BCUT2D eigenvalue weighted by Crippen LogP contribution is 2.44. The van der Waals surface area contributed by atoms with Crippen molar-refractivity contribution in [3.8, 4) is 11.5 Å². The maximum Gasteiger partial charge on any atom is 0.120 e. The number of likely N-dealkylation sites (N-methyl/N-ethyl adjacent to an activating group) is 1. The average Bonchev–Trinajstić information content (AvgIpc) is 2.76. The van der Waals surface area contributed by atoms with Gasteiger partial charge in [0.1, 0.15) is 18.1 Å². The van der Waals surface area contributed by atoms with Gasteiger partial charge < -0.3 is 14.7 Å². The van der Waals surface area contributed by atoms with E-state index in [9.17, 15) is 5.11 Å². The van der Waals surface area contributed by atoms with Crippen LogP contribution >= 0.6 is 11.8 Å². The average molecular weight is 432 g/mol. The number of phenolic OH excluding ortho intramolecular Hbond substituents is 1. The minimum Gasteiger partial charge on any atom is -0.508 e. The molecular formula is C27H29NO2S. The maximum absolute atomic E-state index is 9.85. The molecule has 160 valence electrons. The van der Waals surface area contributed by atoms with Gasteiger partial charge in [-0.3, -0.25) is 0 Å². The number of fused-ring (bicyclic) bond motifs is 2. The Bertz CT molecular complexity index is 1090. The minimum absolute atomic E-state index is 0.285. The fraction of sp³-hybridized carbons (Fsp3) is 0.259. The van der Waals surface area contributed by atoms with Gasteiger partial charge in [-0.05, 0) is 84.2 Å². The molecule has 4 heteroatoms. The summed E-state index contributed by atoms with van der Waals surface area (Å²) in [5, 5.41) is 9.85. The Balaban J connectivity index is 1.86. The van der Waals surface area contributed by atoms with Gasteiger partial charge in [0.25, 0.3) is 0 Å². The Morgan fingerprint density at radius 2 is 1.74 bits per heavy atom. The molecule has 0 fully saturated rings. The van der Waals surface area contributed by atoms with Crippen LogP contribution in [0.2, 0.25) is 0 Å². The molecule has 0 aliphatic carbocycles. The van der Waals surface area contributed by atoms with E-state index in [0.717, 1.165) is 30.0 Å². The quantitative estimate of drug-likeness (QED) is 0.496. The molecule has 0 radical (unpaired) electrons. The molecule has 1 aliphatic rings.